The first-order valence-corrected chi connectivity index (χ1v) is 46.2. The molecule has 3 amide bonds. The molecule has 0 unspecified atom stereocenters. The number of alkyl carbamates (subject to hydrolysis) is 3. The van der Waals surface area contributed by atoms with E-state index in [1.54, 1.807) is 92.1 Å². The third kappa shape index (κ3) is 43.3. The summed E-state index contributed by atoms with van der Waals surface area (Å²) < 4.78 is 71.8. The minimum atomic E-state index is -1.23. The van der Waals surface area contributed by atoms with Crippen LogP contribution in [0.15, 0.2) is 152 Å². The van der Waals surface area contributed by atoms with Crippen LogP contribution in [0.3, 0.4) is 0 Å². The number of rotatable bonds is 41. The number of nitrogens with one attached hydrogen (secondary N) is 7. The highest BCUT2D eigenvalue weighted by Gasteiger charge is 2.26. The zero-order valence-corrected chi connectivity index (χ0v) is 85.6. The van der Waals surface area contributed by atoms with E-state index < -0.39 is 47.2 Å². The number of methoxy groups -OCH3 is 5. The molecule has 47 nitrogen and oxygen atoms in total. The van der Waals surface area contributed by atoms with Gasteiger partial charge in [-0.05, 0) is 193 Å². The van der Waals surface area contributed by atoms with Gasteiger partial charge in [-0.3, -0.25) is 44.9 Å². The number of hydrogen-bond acceptors (Lipinski definition) is 37. The number of nitrogen functional groups attached to an aromatic ring is 1. The van der Waals surface area contributed by atoms with Gasteiger partial charge in [0.1, 0.15) is 110 Å². The predicted octanol–water partition coefficient (Wildman–Crippen LogP) is 12.1. The van der Waals surface area contributed by atoms with Gasteiger partial charge >= 0.3 is 24.2 Å². The lowest BCUT2D eigenvalue weighted by atomic mass is 10.1. The number of carbonyl (C=O) groups excluding carboxylic acids is 4. The van der Waals surface area contributed by atoms with E-state index in [9.17, 15) is 24.0 Å². The van der Waals surface area contributed by atoms with Crippen molar-refractivity contribution in [3.8, 4) is 127 Å². The van der Waals surface area contributed by atoms with Crippen molar-refractivity contribution in [2.24, 2.45) is 11.5 Å². The van der Waals surface area contributed by atoms with Crippen molar-refractivity contribution in [1.29, 1.82) is 21.0 Å². The minimum Gasteiger partial charge on any atom is -0.496 e. The summed E-state index contributed by atoms with van der Waals surface area (Å²) in [5, 5.41) is 95.0. The molecule has 0 spiro atoms. The van der Waals surface area contributed by atoms with Crippen LogP contribution in [0.4, 0.5) is 20.2 Å². The molecule has 794 valence electrons. The second kappa shape index (κ2) is 64.1. The molecule has 7 aromatic heterocycles. The predicted molar refractivity (Wildman–Crippen MR) is 546 cm³/mol. The van der Waals surface area contributed by atoms with E-state index in [-0.39, 0.29) is 53.4 Å². The Morgan fingerprint density at radius 3 is 0.966 bits per heavy atom. The summed E-state index contributed by atoms with van der Waals surface area (Å²) in [5.41, 5.74) is 26.9. The van der Waals surface area contributed by atoms with Crippen LogP contribution in [0.25, 0.3) is 45.0 Å². The van der Waals surface area contributed by atoms with Crippen LogP contribution in [0, 0.1) is 45.3 Å². The Hall–Kier alpha value is -17.8. The van der Waals surface area contributed by atoms with E-state index in [1.165, 1.54) is 32.6 Å². The van der Waals surface area contributed by atoms with Crippen molar-refractivity contribution in [3.63, 3.8) is 0 Å². The number of aliphatic carboxylic acids is 1. The van der Waals surface area contributed by atoms with Gasteiger partial charge in [-0.2, -0.15) is 41.4 Å². The molecule has 0 aliphatic rings. The highest BCUT2D eigenvalue weighted by molar-refractivity contribution is 6.02. The zero-order chi connectivity index (χ0) is 109. The molecule has 0 bridgehead atoms. The highest BCUT2D eigenvalue weighted by Crippen LogP contribution is 2.43. The summed E-state index contributed by atoms with van der Waals surface area (Å²) in [7, 11) is 7.86. The Kier molecular flexibility index (Phi) is 52.3. The summed E-state index contributed by atoms with van der Waals surface area (Å²) in [6.07, 6.45) is 11.0. The number of carbonyl (C=O) groups is 6. The van der Waals surface area contributed by atoms with Gasteiger partial charge in [-0.25, -0.2) is 34.1 Å². The van der Waals surface area contributed by atoms with E-state index >= 15 is 0 Å². The average molecular weight is 2060 g/mol. The van der Waals surface area contributed by atoms with E-state index in [1.807, 2.05) is 157 Å². The summed E-state index contributed by atoms with van der Waals surface area (Å²) >= 11 is 0. The molecule has 0 aliphatic carbocycles. The Balaban J connectivity index is 0.000000321. The van der Waals surface area contributed by atoms with Crippen LogP contribution in [0.1, 0.15) is 169 Å². The van der Waals surface area contributed by atoms with Gasteiger partial charge in [0.15, 0.2) is 22.9 Å². The lowest BCUT2D eigenvalue weighted by Gasteiger charge is -2.19. The van der Waals surface area contributed by atoms with Gasteiger partial charge in [-0.15, -0.1) is 0 Å². The summed E-state index contributed by atoms with van der Waals surface area (Å²) in [4.78, 5) is 89.6. The zero-order valence-electron chi connectivity index (χ0n) is 85.6. The average Bonchev–Trinajstić information content (AvgIpc) is 1.68. The number of carboxylic acids is 1. The third-order valence-corrected chi connectivity index (χ3v) is 19.0. The maximum atomic E-state index is 12.1. The number of aromatic nitrogens is 14. The van der Waals surface area contributed by atoms with Gasteiger partial charge in [0.25, 0.3) is 6.47 Å². The molecule has 5 aromatic carbocycles. The van der Waals surface area contributed by atoms with Crippen molar-refractivity contribution >= 4 is 42.3 Å². The van der Waals surface area contributed by atoms with Crippen LogP contribution in [-0.4, -0.2) is 252 Å². The van der Waals surface area contributed by atoms with Gasteiger partial charge < -0.3 is 116 Å². The second-order valence-corrected chi connectivity index (χ2v) is 34.0. The van der Waals surface area contributed by atoms with Crippen molar-refractivity contribution in [2.45, 2.75) is 150 Å². The fraction of sp³-hybridized carbons (Fsp3) is 0.373. The smallest absolute Gasteiger partial charge is 0.407 e. The number of aliphatic hydroxyl groups is 1. The molecule has 0 saturated carbocycles. The molecule has 0 fully saturated rings. The molecule has 18 N–H and O–H groups in total. The van der Waals surface area contributed by atoms with Crippen molar-refractivity contribution in [1.82, 2.24) is 86.6 Å². The molecular weight excluding hydrogens is 1930 g/mol. The Labute approximate surface area is 861 Å². The van der Waals surface area contributed by atoms with E-state index in [4.69, 9.17) is 120 Å². The van der Waals surface area contributed by atoms with Crippen LogP contribution < -0.4 is 80.5 Å². The molecule has 12 aromatic rings. The maximum absolute atomic E-state index is 12.1. The highest BCUT2D eigenvalue weighted by atomic mass is 16.6. The number of H-pyrrole nitrogens is 4. The number of ether oxygens (including phenoxy) is 13. The Morgan fingerprint density at radius 1 is 0.423 bits per heavy atom. The number of nitrogens with two attached hydrogens (primary N) is 3. The quantitative estimate of drug-likeness (QED) is 0.00732. The Morgan fingerprint density at radius 2 is 0.705 bits per heavy atom. The number of aliphatic hydroxyl groups excluding tert-OH is 1. The molecule has 1 atom stereocenters. The SMILES string of the molecule is COc1cccc(OCCCN)c1-c1cc(Cc2cnc(C#N)cn2)[nH]n1.COc1cccc(OCCCN)c1-c1cc(Cc2cnc(C#N)cn2)[nH]n1.COc1cccc(OCCCNC(=O)OC(C)(C)C)c1-c1cc(Cc2cnc(C#N)cn2)[nH]n1.COc1cccc(OCCCNC(=O)OC(C)(C)C)c1-c1cc(N)n[nH]1.COc1cccc(OCCCNC(=O)OC(C)(C)C)c1C(=O)CC#N.C[C@H](O)C(=O)O.O.O=CO. The van der Waals surface area contributed by atoms with Crippen molar-refractivity contribution in [2.75, 3.05) is 107 Å². The third-order valence-electron chi connectivity index (χ3n) is 19.0. The molecule has 7 heterocycles. The summed E-state index contributed by atoms with van der Waals surface area (Å²) in [6.45, 7) is 21.7. The van der Waals surface area contributed by atoms with Gasteiger partial charge in [0.05, 0.1) is 180 Å². The summed E-state index contributed by atoms with van der Waals surface area (Å²) in [5.74, 6) is 4.85. The van der Waals surface area contributed by atoms with E-state index in [2.05, 4.69) is 86.6 Å². The Bertz CT molecular complexity index is 6170. The standard InChI is InChI=1S/C24H28N6O4.2C19H20N6O2.C18H26N4O4.C18H24N2O5.C3H6O3.CH2O2.H2O/c1-24(2,3)34-23(31)26-9-6-10-33-21-8-5-7-20(32-4)22(21)19-12-16(29-30-19)11-17-14-28-18(13-25)15-27-17;2*1-26-17-4-2-5-18(27-7-3-6-20)19(17)16-9-13(24-25-16)8-14-11-23-15(10-21)12-22-14;1-18(2,3)26-17(23)20-9-6-10-25-14-8-5-7-13(24-4)16(14)12-11-15(19)22-21-12;1-18(2,3)25-17(22)20-11-6-12-24-15-8-5-7-14(23-4)16(15)13(21)9-10-19;1-2(4)3(5)6;2-1-3;/h5,7-8,12,14-15H,6,9-11H2,1-4H3,(H,26,31)(H,29,30);2*2,4-5,9,11-12H,3,6-8,20H2,1H3,(H,24,25);5,7-8,11H,6,9-10H2,1-4H3,(H,20,23)(H3,19,21,22);5,7-8H,6,9,11-12H2,1-4H3,(H,20,22);2,4H,1H3,(H,5,6);1H,(H,2,3);1H2/t;;;;;2-;;/m.....0../s1. The number of Topliss-reactive ketones (excluding diaryl/α,β-unsaturated/α-hetero) is 1. The van der Waals surface area contributed by atoms with Crippen molar-refractivity contribution < 1.29 is 111 Å². The molecule has 0 saturated heterocycles. The molecule has 149 heavy (non-hydrogen) atoms. The number of nitriles is 4. The number of hydrogen-bond donors (Lipinski definition) is 13. The number of anilines is 1. The molecular formula is C102H128N24O23. The van der Waals surface area contributed by atoms with Crippen LogP contribution >= 0.6 is 0 Å². The van der Waals surface area contributed by atoms with Crippen LogP contribution in [0.5, 0.6) is 57.5 Å². The fourth-order valence-corrected chi connectivity index (χ4v) is 12.6. The first-order valence-electron chi connectivity index (χ1n) is 46.2. The molecule has 12 rings (SSSR count). The largest absolute Gasteiger partial charge is 0.496 e. The number of nitrogens with zero attached hydrogens (tertiary/aromatic N) is 14. The maximum Gasteiger partial charge on any atom is 0.407 e. The number of ketones is 1. The first-order chi connectivity index (χ1) is 70.9. The normalized spacial score (nSPS) is 10.6. The first kappa shape index (κ1) is 122. The molecule has 0 aliphatic heterocycles. The second-order valence-electron chi connectivity index (χ2n) is 34.0. The number of benzene rings is 5. The van der Waals surface area contributed by atoms with Crippen molar-refractivity contribution in [3.05, 3.63) is 209 Å². The lowest BCUT2D eigenvalue weighted by molar-refractivity contribution is -0.145. The topological polar surface area (TPSA) is 716 Å². The number of aromatic amines is 4. The minimum absolute atomic E-state index is 0. The molecule has 47 heteroatoms. The summed E-state index contributed by atoms with van der Waals surface area (Å²) in [6, 6.07) is 42.5. The number of carboxylic acid groups (broad SMARTS) is 2. The van der Waals surface area contributed by atoms with E-state index in [0.29, 0.717) is 189 Å². The van der Waals surface area contributed by atoms with Crippen LogP contribution in [0.2, 0.25) is 0 Å². The monoisotopic (exact) mass is 2060 g/mol. The van der Waals surface area contributed by atoms with Crippen LogP contribution in [-0.2, 0) is 43.1 Å². The lowest BCUT2D eigenvalue weighted by Crippen LogP contribution is -2.33. The fourth-order valence-electron chi connectivity index (χ4n) is 12.6. The van der Waals surface area contributed by atoms with E-state index in [0.717, 1.165) is 63.6 Å². The number of amides is 3. The molecule has 0 radical (unpaired) electrons. The van der Waals surface area contributed by atoms with Gasteiger partial charge in [-0.1, -0.05) is 30.3 Å². The van der Waals surface area contributed by atoms with Gasteiger partial charge in [0, 0.05) is 62.0 Å². The van der Waals surface area contributed by atoms with Gasteiger partial charge in [0.2, 0.25) is 0 Å².